The van der Waals surface area contributed by atoms with E-state index in [-0.39, 0.29) is 23.3 Å². The number of carboxylic acid groups (broad SMARTS) is 1. The number of aliphatic carboxylic acids is 1. The molecule has 2 unspecified atom stereocenters. The minimum Gasteiger partial charge on any atom is -0.479 e. The number of benzene rings is 1. The Labute approximate surface area is 126 Å². The highest BCUT2D eigenvalue weighted by Gasteiger charge is 2.26. The Morgan fingerprint density at radius 1 is 1.29 bits per heavy atom. The molecular weight excluding hydrogens is 300 g/mol. The van der Waals surface area contributed by atoms with Crippen LogP contribution in [0, 0.1) is 0 Å². The summed E-state index contributed by atoms with van der Waals surface area (Å²) in [4.78, 5) is 34.0. The molecule has 0 aliphatic heterocycles. The summed E-state index contributed by atoms with van der Waals surface area (Å²) in [5.74, 6) is -2.54. The van der Waals surface area contributed by atoms with Crippen LogP contribution in [0.1, 0.15) is 46.8 Å². The molecule has 21 heavy (non-hydrogen) atoms. The highest BCUT2D eigenvalue weighted by molar-refractivity contribution is 6.31. The lowest BCUT2D eigenvalue weighted by atomic mass is 9.95. The van der Waals surface area contributed by atoms with Crippen LogP contribution in [-0.4, -0.2) is 34.5 Å². The molecular formula is C14H15ClO6. The van der Waals surface area contributed by atoms with Gasteiger partial charge in [-0.25, -0.2) is 9.59 Å². The number of carbonyl (C=O) groups excluding carboxylic acids is 2. The predicted octanol–water partition coefficient (Wildman–Crippen LogP) is 1.85. The minimum atomic E-state index is -1.84. The number of aliphatic hydroxyl groups is 1. The van der Waals surface area contributed by atoms with Crippen molar-refractivity contribution >= 4 is 29.3 Å². The third kappa shape index (κ3) is 4.03. The van der Waals surface area contributed by atoms with E-state index in [1.54, 1.807) is 6.92 Å². The largest absolute Gasteiger partial charge is 0.479 e. The van der Waals surface area contributed by atoms with E-state index in [1.165, 1.54) is 25.1 Å². The Morgan fingerprint density at radius 2 is 1.90 bits per heavy atom. The Balaban J connectivity index is 3.36. The molecule has 0 saturated carbocycles. The van der Waals surface area contributed by atoms with E-state index in [2.05, 4.69) is 0 Å². The number of Topliss-reactive ketones (excluding diaryl/α,β-unsaturated/α-hetero) is 1. The summed E-state index contributed by atoms with van der Waals surface area (Å²) in [5, 5.41) is 17.4. The number of hydrogen-bond donors (Lipinski definition) is 2. The van der Waals surface area contributed by atoms with Crippen LogP contribution in [0.5, 0.6) is 0 Å². The first-order valence-corrected chi connectivity index (χ1v) is 6.59. The molecule has 0 amide bonds. The lowest BCUT2D eigenvalue weighted by molar-refractivity contribution is -0.147. The summed E-state index contributed by atoms with van der Waals surface area (Å²) in [6, 6.07) is 3.82. The number of carbonyl (C=O) groups is 3. The maximum Gasteiger partial charge on any atom is 0.338 e. The van der Waals surface area contributed by atoms with Crippen LogP contribution in [-0.2, 0) is 14.3 Å². The van der Waals surface area contributed by atoms with Gasteiger partial charge in [-0.05, 0) is 37.1 Å². The Bertz CT molecular complexity index is 569. The van der Waals surface area contributed by atoms with Crippen LogP contribution in [0.15, 0.2) is 18.2 Å². The first-order valence-electron chi connectivity index (χ1n) is 6.16. The number of halogens is 1. The van der Waals surface area contributed by atoms with Gasteiger partial charge in [0.2, 0.25) is 0 Å². The second-order valence-corrected chi connectivity index (χ2v) is 4.71. The van der Waals surface area contributed by atoms with Crippen molar-refractivity contribution < 1.29 is 29.3 Å². The number of alkyl halides is 1. The molecule has 1 aromatic carbocycles. The average Bonchev–Trinajstić information content (AvgIpc) is 2.45. The van der Waals surface area contributed by atoms with Gasteiger partial charge in [0.15, 0.2) is 11.9 Å². The fraction of sp³-hybridized carbons (Fsp3) is 0.357. The third-order valence-corrected chi connectivity index (χ3v) is 3.30. The Kier molecular flexibility index (Phi) is 5.87. The van der Waals surface area contributed by atoms with Gasteiger partial charge < -0.3 is 14.9 Å². The van der Waals surface area contributed by atoms with Crippen molar-refractivity contribution in [3.63, 3.8) is 0 Å². The molecule has 1 rings (SSSR count). The van der Waals surface area contributed by atoms with Gasteiger partial charge in [0.1, 0.15) is 5.38 Å². The van der Waals surface area contributed by atoms with E-state index >= 15 is 0 Å². The zero-order valence-corrected chi connectivity index (χ0v) is 12.3. The molecule has 0 aliphatic rings. The van der Waals surface area contributed by atoms with Crippen LogP contribution in [0.2, 0.25) is 0 Å². The number of ether oxygens (including phenoxy) is 1. The number of aliphatic hydroxyl groups excluding tert-OH is 1. The fourth-order valence-electron chi connectivity index (χ4n) is 1.74. The first kappa shape index (κ1) is 17.1. The molecule has 6 nitrogen and oxygen atoms in total. The van der Waals surface area contributed by atoms with Gasteiger partial charge in [0.25, 0.3) is 0 Å². The summed E-state index contributed by atoms with van der Waals surface area (Å²) in [7, 11) is 0. The summed E-state index contributed by atoms with van der Waals surface area (Å²) < 4.78 is 4.83. The molecule has 0 fully saturated rings. The smallest absolute Gasteiger partial charge is 0.338 e. The van der Waals surface area contributed by atoms with Crippen molar-refractivity contribution in [1.82, 2.24) is 0 Å². The van der Waals surface area contributed by atoms with E-state index in [1.807, 2.05) is 0 Å². The topological polar surface area (TPSA) is 101 Å². The van der Waals surface area contributed by atoms with E-state index in [4.69, 9.17) is 21.4 Å². The number of esters is 1. The van der Waals surface area contributed by atoms with E-state index < -0.39 is 29.2 Å². The van der Waals surface area contributed by atoms with Gasteiger partial charge in [-0.1, -0.05) is 6.07 Å². The van der Waals surface area contributed by atoms with Crippen molar-refractivity contribution in [1.29, 1.82) is 0 Å². The lowest BCUT2D eigenvalue weighted by Gasteiger charge is -2.16. The van der Waals surface area contributed by atoms with Gasteiger partial charge in [-0.2, -0.15) is 0 Å². The van der Waals surface area contributed by atoms with Crippen molar-refractivity contribution in [2.24, 2.45) is 0 Å². The predicted molar refractivity (Wildman–Crippen MR) is 74.3 cm³/mol. The molecule has 0 heterocycles. The van der Waals surface area contributed by atoms with Crippen LogP contribution in [0.4, 0.5) is 0 Å². The van der Waals surface area contributed by atoms with Gasteiger partial charge >= 0.3 is 11.9 Å². The minimum absolute atomic E-state index is 0.0363. The third-order valence-electron chi connectivity index (χ3n) is 2.76. The van der Waals surface area contributed by atoms with Crippen LogP contribution < -0.4 is 0 Å². The maximum absolute atomic E-state index is 11.7. The van der Waals surface area contributed by atoms with E-state index in [0.717, 1.165) is 0 Å². The van der Waals surface area contributed by atoms with Gasteiger partial charge in [0.05, 0.1) is 12.2 Å². The normalized spacial score (nSPS) is 13.3. The molecule has 1 aromatic rings. The van der Waals surface area contributed by atoms with Crippen LogP contribution >= 0.6 is 11.6 Å². The molecule has 0 saturated heterocycles. The zero-order valence-electron chi connectivity index (χ0n) is 11.5. The van der Waals surface area contributed by atoms with E-state index in [0.29, 0.717) is 0 Å². The molecule has 2 atom stereocenters. The first-order chi connectivity index (χ1) is 9.79. The number of ketones is 1. The van der Waals surface area contributed by atoms with Crippen molar-refractivity contribution in [3.8, 4) is 0 Å². The van der Waals surface area contributed by atoms with E-state index in [9.17, 15) is 19.5 Å². The zero-order chi connectivity index (χ0) is 16.2. The molecule has 0 radical (unpaired) electrons. The van der Waals surface area contributed by atoms with Gasteiger partial charge in [-0.15, -0.1) is 11.6 Å². The summed E-state index contributed by atoms with van der Waals surface area (Å²) in [5.41, 5.74) is 0.162. The fourth-order valence-corrected chi connectivity index (χ4v) is 1.93. The molecule has 114 valence electrons. The maximum atomic E-state index is 11.7. The summed E-state index contributed by atoms with van der Waals surface area (Å²) >= 11 is 5.94. The standard InChI is InChI=1S/C14H15ClO6/c1-3-21-14(20)8-4-5-9(12(17)13(18)19)10(6-8)11(15)7(2)16/h4-6,11-12,17H,3H2,1-2H3,(H,18,19). The highest BCUT2D eigenvalue weighted by Crippen LogP contribution is 2.30. The van der Waals surface area contributed by atoms with Crippen molar-refractivity contribution in [3.05, 3.63) is 34.9 Å². The van der Waals surface area contributed by atoms with Crippen LogP contribution in [0.25, 0.3) is 0 Å². The van der Waals surface area contributed by atoms with Crippen LogP contribution in [0.3, 0.4) is 0 Å². The van der Waals surface area contributed by atoms with Gasteiger partial charge in [-0.3, -0.25) is 4.79 Å². The molecule has 0 aromatic heterocycles. The molecule has 2 N–H and O–H groups in total. The number of carboxylic acids is 1. The molecule has 0 aliphatic carbocycles. The van der Waals surface area contributed by atoms with Crippen molar-refractivity contribution in [2.75, 3.05) is 6.61 Å². The monoisotopic (exact) mass is 314 g/mol. The van der Waals surface area contributed by atoms with Crippen molar-refractivity contribution in [2.45, 2.75) is 25.3 Å². The quantitative estimate of drug-likeness (QED) is 0.614. The Hall–Kier alpha value is -1.92. The SMILES string of the molecule is CCOC(=O)c1ccc(C(O)C(=O)O)c(C(Cl)C(C)=O)c1. The second kappa shape index (κ2) is 7.19. The molecule has 0 bridgehead atoms. The summed E-state index contributed by atoms with van der Waals surface area (Å²) in [6.45, 7) is 3.04. The molecule has 7 heteroatoms. The lowest BCUT2D eigenvalue weighted by Crippen LogP contribution is -2.16. The molecule has 0 spiro atoms. The Morgan fingerprint density at radius 3 is 2.38 bits per heavy atom. The summed E-state index contributed by atoms with van der Waals surface area (Å²) in [6.07, 6.45) is -1.84. The second-order valence-electron chi connectivity index (χ2n) is 4.28. The number of hydrogen-bond acceptors (Lipinski definition) is 5. The average molecular weight is 315 g/mol. The number of rotatable bonds is 6. The van der Waals surface area contributed by atoms with Gasteiger partial charge in [0, 0.05) is 0 Å². The highest BCUT2D eigenvalue weighted by atomic mass is 35.5.